The van der Waals surface area contributed by atoms with E-state index in [4.69, 9.17) is 0 Å². The highest BCUT2D eigenvalue weighted by molar-refractivity contribution is 7.21. The molecule has 0 aliphatic heterocycles. The van der Waals surface area contributed by atoms with Crippen molar-refractivity contribution in [2.24, 2.45) is 0 Å². The van der Waals surface area contributed by atoms with Gasteiger partial charge in [-0.1, -0.05) is 24.3 Å². The second kappa shape index (κ2) is 4.82. The number of thiazole rings is 1. The Kier molecular flexibility index (Phi) is 3.01. The van der Waals surface area contributed by atoms with Crippen LogP contribution >= 0.6 is 11.3 Å². The molecule has 3 nitrogen and oxygen atoms in total. The first-order chi connectivity index (χ1) is 9.28. The van der Waals surface area contributed by atoms with E-state index in [9.17, 15) is 4.79 Å². The van der Waals surface area contributed by atoms with Gasteiger partial charge in [0.1, 0.15) is 5.01 Å². The van der Waals surface area contributed by atoms with Gasteiger partial charge in [0.2, 0.25) is 0 Å². The molecule has 1 aromatic heterocycles. The topological polar surface area (TPSA) is 42.0 Å². The van der Waals surface area contributed by atoms with Crippen LogP contribution in [0.5, 0.6) is 0 Å². The van der Waals surface area contributed by atoms with E-state index in [1.807, 2.05) is 42.5 Å². The molecular formula is C15H12N2OS. The maximum absolute atomic E-state index is 11.5. The van der Waals surface area contributed by atoms with E-state index in [-0.39, 0.29) is 5.91 Å². The van der Waals surface area contributed by atoms with E-state index in [2.05, 4.69) is 16.4 Å². The number of carbonyl (C=O) groups is 1. The van der Waals surface area contributed by atoms with Crippen LogP contribution in [0.2, 0.25) is 0 Å². The maximum Gasteiger partial charge on any atom is 0.251 e. The lowest BCUT2D eigenvalue weighted by atomic mass is 10.1. The molecule has 0 radical (unpaired) electrons. The molecule has 1 N–H and O–H groups in total. The van der Waals surface area contributed by atoms with Crippen molar-refractivity contribution < 1.29 is 4.79 Å². The molecule has 0 aliphatic carbocycles. The Bertz CT molecular complexity index is 698. The van der Waals surface area contributed by atoms with Gasteiger partial charge in [-0.2, -0.15) is 0 Å². The largest absolute Gasteiger partial charge is 0.355 e. The number of fused-ring (bicyclic) bond motifs is 1. The average Bonchev–Trinajstić information content (AvgIpc) is 2.90. The van der Waals surface area contributed by atoms with Gasteiger partial charge in [-0.3, -0.25) is 4.79 Å². The van der Waals surface area contributed by atoms with E-state index >= 15 is 0 Å². The van der Waals surface area contributed by atoms with Gasteiger partial charge in [0.05, 0.1) is 10.2 Å². The van der Waals surface area contributed by atoms with Crippen molar-refractivity contribution in [3.63, 3.8) is 0 Å². The number of hydrogen-bond acceptors (Lipinski definition) is 3. The molecule has 3 aromatic rings. The summed E-state index contributed by atoms with van der Waals surface area (Å²) in [6, 6.07) is 15.6. The molecule has 3 rings (SSSR count). The van der Waals surface area contributed by atoms with Crippen molar-refractivity contribution in [1.82, 2.24) is 10.3 Å². The van der Waals surface area contributed by atoms with Crippen LogP contribution in [0.3, 0.4) is 0 Å². The zero-order chi connectivity index (χ0) is 13.2. The summed E-state index contributed by atoms with van der Waals surface area (Å²) in [7, 11) is 1.63. The molecule has 0 fully saturated rings. The van der Waals surface area contributed by atoms with E-state index in [0.717, 1.165) is 16.1 Å². The summed E-state index contributed by atoms with van der Waals surface area (Å²) in [5, 5.41) is 3.59. The summed E-state index contributed by atoms with van der Waals surface area (Å²) in [6.07, 6.45) is 0. The fraction of sp³-hybridized carbons (Fsp3) is 0.0667. The lowest BCUT2D eigenvalue weighted by molar-refractivity contribution is 0.0963. The molecule has 19 heavy (non-hydrogen) atoms. The van der Waals surface area contributed by atoms with Gasteiger partial charge in [-0.25, -0.2) is 4.98 Å². The quantitative estimate of drug-likeness (QED) is 0.774. The highest BCUT2D eigenvalue weighted by atomic mass is 32.1. The minimum atomic E-state index is -0.0733. The Balaban J connectivity index is 1.99. The van der Waals surface area contributed by atoms with Gasteiger partial charge in [0, 0.05) is 18.2 Å². The molecule has 0 bridgehead atoms. The van der Waals surface area contributed by atoms with Crippen LogP contribution in [0.15, 0.2) is 48.5 Å². The SMILES string of the molecule is CNC(=O)c1ccc(-c2nc3ccccc3s2)cc1. The normalized spacial score (nSPS) is 10.6. The molecule has 0 atom stereocenters. The highest BCUT2D eigenvalue weighted by Gasteiger charge is 2.07. The summed E-state index contributed by atoms with van der Waals surface area (Å²) >= 11 is 1.66. The van der Waals surface area contributed by atoms with Gasteiger partial charge >= 0.3 is 0 Å². The third-order valence-corrected chi connectivity index (χ3v) is 4.00. The average molecular weight is 268 g/mol. The minimum Gasteiger partial charge on any atom is -0.355 e. The zero-order valence-corrected chi connectivity index (χ0v) is 11.2. The zero-order valence-electron chi connectivity index (χ0n) is 10.4. The molecule has 1 heterocycles. The fourth-order valence-electron chi connectivity index (χ4n) is 1.90. The van der Waals surface area contributed by atoms with Crippen molar-refractivity contribution in [3.8, 4) is 10.6 Å². The second-order valence-electron chi connectivity index (χ2n) is 4.14. The van der Waals surface area contributed by atoms with Crippen LogP contribution in [0.25, 0.3) is 20.8 Å². The molecular weight excluding hydrogens is 256 g/mol. The lowest BCUT2D eigenvalue weighted by Gasteiger charge is -2.00. The number of nitrogens with one attached hydrogen (secondary N) is 1. The van der Waals surface area contributed by atoms with Crippen LogP contribution in [0.1, 0.15) is 10.4 Å². The van der Waals surface area contributed by atoms with Crippen molar-refractivity contribution in [2.45, 2.75) is 0 Å². The molecule has 2 aromatic carbocycles. The second-order valence-corrected chi connectivity index (χ2v) is 5.17. The van der Waals surface area contributed by atoms with E-state index in [1.54, 1.807) is 18.4 Å². The Morgan fingerprint density at radius 2 is 1.84 bits per heavy atom. The third kappa shape index (κ3) is 2.22. The number of para-hydroxylation sites is 1. The number of hydrogen-bond donors (Lipinski definition) is 1. The van der Waals surface area contributed by atoms with Gasteiger partial charge in [-0.15, -0.1) is 11.3 Å². The summed E-state index contributed by atoms with van der Waals surface area (Å²) in [5.74, 6) is -0.0733. The predicted octanol–water partition coefficient (Wildman–Crippen LogP) is 3.32. The molecule has 0 spiro atoms. The molecule has 0 unspecified atom stereocenters. The molecule has 4 heteroatoms. The lowest BCUT2D eigenvalue weighted by Crippen LogP contribution is -2.17. The van der Waals surface area contributed by atoms with Crippen LogP contribution in [0.4, 0.5) is 0 Å². The monoisotopic (exact) mass is 268 g/mol. The van der Waals surface area contributed by atoms with Gasteiger partial charge < -0.3 is 5.32 Å². The molecule has 0 saturated heterocycles. The Labute approximate surface area is 114 Å². The van der Waals surface area contributed by atoms with E-state index in [1.165, 1.54) is 4.70 Å². The van der Waals surface area contributed by atoms with Gasteiger partial charge in [0.25, 0.3) is 5.91 Å². The van der Waals surface area contributed by atoms with Crippen LogP contribution in [-0.2, 0) is 0 Å². The molecule has 0 aliphatic rings. The summed E-state index contributed by atoms with van der Waals surface area (Å²) < 4.78 is 1.17. The number of amides is 1. The highest BCUT2D eigenvalue weighted by Crippen LogP contribution is 2.29. The van der Waals surface area contributed by atoms with Crippen LogP contribution in [0, 0.1) is 0 Å². The van der Waals surface area contributed by atoms with E-state index in [0.29, 0.717) is 5.56 Å². The Hall–Kier alpha value is -2.20. The van der Waals surface area contributed by atoms with Crippen molar-refractivity contribution >= 4 is 27.5 Å². The number of aromatic nitrogens is 1. The summed E-state index contributed by atoms with van der Waals surface area (Å²) in [6.45, 7) is 0. The number of nitrogens with zero attached hydrogens (tertiary/aromatic N) is 1. The minimum absolute atomic E-state index is 0.0733. The van der Waals surface area contributed by atoms with Crippen LogP contribution in [-0.4, -0.2) is 17.9 Å². The van der Waals surface area contributed by atoms with Crippen LogP contribution < -0.4 is 5.32 Å². The number of benzene rings is 2. The van der Waals surface area contributed by atoms with E-state index < -0.39 is 0 Å². The number of carbonyl (C=O) groups excluding carboxylic acids is 1. The molecule has 0 saturated carbocycles. The smallest absolute Gasteiger partial charge is 0.251 e. The maximum atomic E-state index is 11.5. The first kappa shape index (κ1) is 11.9. The molecule has 1 amide bonds. The van der Waals surface area contributed by atoms with Crippen molar-refractivity contribution in [2.75, 3.05) is 7.05 Å². The first-order valence-corrected chi connectivity index (χ1v) is 6.77. The number of rotatable bonds is 2. The standard InChI is InChI=1S/C15H12N2OS/c1-16-14(18)10-6-8-11(9-7-10)15-17-12-4-2-3-5-13(12)19-15/h2-9H,1H3,(H,16,18). The van der Waals surface area contributed by atoms with Gasteiger partial charge in [0.15, 0.2) is 0 Å². The molecule has 94 valence electrons. The van der Waals surface area contributed by atoms with Crippen molar-refractivity contribution in [1.29, 1.82) is 0 Å². The Morgan fingerprint density at radius 3 is 2.53 bits per heavy atom. The summed E-state index contributed by atoms with van der Waals surface area (Å²) in [4.78, 5) is 16.1. The van der Waals surface area contributed by atoms with Crippen molar-refractivity contribution in [3.05, 3.63) is 54.1 Å². The first-order valence-electron chi connectivity index (χ1n) is 5.96. The van der Waals surface area contributed by atoms with Gasteiger partial charge in [-0.05, 0) is 24.3 Å². The predicted molar refractivity (Wildman–Crippen MR) is 78.4 cm³/mol. The third-order valence-electron chi connectivity index (χ3n) is 2.91. The summed E-state index contributed by atoms with van der Waals surface area (Å²) in [5.41, 5.74) is 2.71. The Morgan fingerprint density at radius 1 is 1.11 bits per heavy atom. The fourth-order valence-corrected chi connectivity index (χ4v) is 2.88.